The summed E-state index contributed by atoms with van der Waals surface area (Å²) in [5.74, 6) is -0.545. The second kappa shape index (κ2) is 8.79. The second-order valence-electron chi connectivity index (χ2n) is 7.90. The van der Waals surface area contributed by atoms with Gasteiger partial charge in [0.15, 0.2) is 5.79 Å². The van der Waals surface area contributed by atoms with Crippen LogP contribution in [0.3, 0.4) is 0 Å². The molecule has 8 heteroatoms. The van der Waals surface area contributed by atoms with E-state index in [0.29, 0.717) is 25.7 Å². The van der Waals surface area contributed by atoms with Crippen molar-refractivity contribution in [2.24, 2.45) is 0 Å². The molecule has 3 saturated heterocycles. The van der Waals surface area contributed by atoms with Gasteiger partial charge in [0.1, 0.15) is 0 Å². The van der Waals surface area contributed by atoms with Gasteiger partial charge in [-0.2, -0.15) is 0 Å². The zero-order valence-corrected chi connectivity index (χ0v) is 15.2. The molecule has 3 heterocycles. The lowest BCUT2D eigenvalue weighted by Crippen LogP contribution is -2.44. The van der Waals surface area contributed by atoms with Gasteiger partial charge in [-0.3, -0.25) is 0 Å². The Labute approximate surface area is 154 Å². The summed E-state index contributed by atoms with van der Waals surface area (Å²) >= 11 is 0. The fraction of sp³-hybridized carbons (Fsp3) is 1.00. The van der Waals surface area contributed by atoms with Gasteiger partial charge in [-0.15, -0.1) is 0 Å². The lowest BCUT2D eigenvalue weighted by atomic mass is 9.96. The van der Waals surface area contributed by atoms with Gasteiger partial charge in [0.25, 0.3) is 0 Å². The minimum atomic E-state index is -1.09. The van der Waals surface area contributed by atoms with Crippen molar-refractivity contribution in [2.45, 2.75) is 99.8 Å². The van der Waals surface area contributed by atoms with E-state index in [2.05, 4.69) is 5.32 Å². The fourth-order valence-corrected chi connectivity index (χ4v) is 4.60. The summed E-state index contributed by atoms with van der Waals surface area (Å²) in [6.45, 7) is -0.153. The van der Waals surface area contributed by atoms with Crippen molar-refractivity contribution in [3.8, 4) is 0 Å². The van der Waals surface area contributed by atoms with Gasteiger partial charge < -0.3 is 40.3 Å². The van der Waals surface area contributed by atoms with E-state index in [1.165, 1.54) is 0 Å². The van der Waals surface area contributed by atoms with Gasteiger partial charge >= 0.3 is 0 Å². The van der Waals surface area contributed by atoms with Crippen LogP contribution in [0.4, 0.5) is 0 Å². The number of ether oxygens (including phenoxy) is 2. The Kier molecular flexibility index (Phi) is 6.90. The molecule has 8 nitrogen and oxygen atoms in total. The van der Waals surface area contributed by atoms with Crippen LogP contribution in [0.1, 0.15) is 51.4 Å². The van der Waals surface area contributed by atoms with Crippen LogP contribution in [0.2, 0.25) is 0 Å². The Morgan fingerprint density at radius 2 is 1.92 bits per heavy atom. The highest BCUT2D eigenvalue weighted by atomic mass is 16.8. The van der Waals surface area contributed by atoms with E-state index in [-0.39, 0.29) is 25.4 Å². The normalized spacial score (nSPS) is 43.7. The molecule has 0 aromatic carbocycles. The van der Waals surface area contributed by atoms with Crippen molar-refractivity contribution in [1.29, 1.82) is 0 Å². The highest BCUT2D eigenvalue weighted by Crippen LogP contribution is 2.44. The van der Waals surface area contributed by atoms with Crippen molar-refractivity contribution in [1.82, 2.24) is 5.32 Å². The van der Waals surface area contributed by atoms with E-state index in [9.17, 15) is 20.4 Å². The number of aliphatic hydroxyl groups is 5. The molecule has 0 aliphatic carbocycles. The SMILES string of the molecule is OCCC[C@]12CCC[C@@H](O1)[C@@H](CCC[C@H](O)[C@H]1N[C@H](CO)[C@@H](O)[C@@H]1O)O2. The number of hydrogen-bond acceptors (Lipinski definition) is 8. The predicted octanol–water partition coefficient (Wildman–Crippen LogP) is -0.991. The monoisotopic (exact) mass is 375 g/mol. The van der Waals surface area contributed by atoms with Crippen LogP contribution in [-0.2, 0) is 9.47 Å². The number of aliphatic hydroxyl groups excluding tert-OH is 5. The molecule has 0 aromatic rings. The molecule has 2 bridgehead atoms. The third-order valence-electron chi connectivity index (χ3n) is 6.05. The first-order chi connectivity index (χ1) is 12.5. The molecular weight excluding hydrogens is 342 g/mol. The van der Waals surface area contributed by atoms with E-state index in [0.717, 1.165) is 25.7 Å². The largest absolute Gasteiger partial charge is 0.396 e. The lowest BCUT2D eigenvalue weighted by molar-refractivity contribution is -0.199. The topological polar surface area (TPSA) is 132 Å². The van der Waals surface area contributed by atoms with Crippen LogP contribution in [-0.4, -0.2) is 87.1 Å². The van der Waals surface area contributed by atoms with Crippen LogP contribution >= 0.6 is 0 Å². The molecule has 152 valence electrons. The van der Waals surface area contributed by atoms with Gasteiger partial charge in [-0.25, -0.2) is 0 Å². The Hall–Kier alpha value is -0.320. The first-order valence-electron chi connectivity index (χ1n) is 9.87. The average Bonchev–Trinajstić information content (AvgIpc) is 3.07. The first-order valence-corrected chi connectivity index (χ1v) is 9.87. The Balaban J connectivity index is 1.45. The van der Waals surface area contributed by atoms with Crippen molar-refractivity contribution < 1.29 is 35.0 Å². The zero-order valence-electron chi connectivity index (χ0n) is 15.2. The van der Waals surface area contributed by atoms with Gasteiger partial charge in [0.2, 0.25) is 0 Å². The van der Waals surface area contributed by atoms with Crippen LogP contribution in [0, 0.1) is 0 Å². The molecule has 0 saturated carbocycles. The van der Waals surface area contributed by atoms with Crippen molar-refractivity contribution in [2.75, 3.05) is 13.2 Å². The molecule has 3 fully saturated rings. The molecule has 0 radical (unpaired) electrons. The number of fused-ring (bicyclic) bond motifs is 2. The molecule has 8 atom stereocenters. The van der Waals surface area contributed by atoms with Crippen LogP contribution in [0.15, 0.2) is 0 Å². The van der Waals surface area contributed by atoms with E-state index in [1.54, 1.807) is 0 Å². The summed E-state index contributed by atoms with van der Waals surface area (Å²) in [7, 11) is 0. The molecule has 0 spiro atoms. The molecular formula is C18H33NO7. The maximum Gasteiger partial charge on any atom is 0.169 e. The first kappa shape index (κ1) is 20.4. The minimum Gasteiger partial charge on any atom is -0.396 e. The van der Waals surface area contributed by atoms with Crippen LogP contribution in [0.5, 0.6) is 0 Å². The number of hydrogen-bond donors (Lipinski definition) is 6. The average molecular weight is 375 g/mol. The Bertz CT molecular complexity index is 453. The smallest absolute Gasteiger partial charge is 0.169 e. The molecule has 3 aliphatic heterocycles. The summed E-state index contributed by atoms with van der Waals surface area (Å²) in [6.07, 6.45) is 3.33. The van der Waals surface area contributed by atoms with Gasteiger partial charge in [-0.1, -0.05) is 0 Å². The molecule has 3 aliphatic rings. The maximum absolute atomic E-state index is 10.4. The van der Waals surface area contributed by atoms with E-state index >= 15 is 0 Å². The zero-order chi connectivity index (χ0) is 18.7. The summed E-state index contributed by atoms with van der Waals surface area (Å²) in [5, 5.41) is 51.4. The molecule has 0 amide bonds. The fourth-order valence-electron chi connectivity index (χ4n) is 4.60. The third-order valence-corrected chi connectivity index (χ3v) is 6.05. The Morgan fingerprint density at radius 3 is 2.62 bits per heavy atom. The third kappa shape index (κ3) is 4.23. The summed E-state index contributed by atoms with van der Waals surface area (Å²) < 4.78 is 12.3. The highest BCUT2D eigenvalue weighted by molar-refractivity contribution is 5.01. The summed E-state index contributed by atoms with van der Waals surface area (Å²) in [5.41, 5.74) is 0. The maximum atomic E-state index is 10.4. The van der Waals surface area contributed by atoms with Gasteiger partial charge in [0.05, 0.1) is 49.2 Å². The molecule has 26 heavy (non-hydrogen) atoms. The standard InChI is InChI=1S/C18H33NO7/c20-9-3-8-18-7-2-6-14(26-18)13(25-18)5-1-4-12(22)15-17(24)16(23)11(10-21)19-15/h11-17,19-24H,1-10H2/t11-,12+,13-,14-,15-,16-,17-,18+/m1/s1. The van der Waals surface area contributed by atoms with Crippen LogP contribution < -0.4 is 5.32 Å². The summed E-state index contributed by atoms with van der Waals surface area (Å²) in [6, 6.07) is -1.25. The second-order valence-corrected chi connectivity index (χ2v) is 7.90. The van der Waals surface area contributed by atoms with Gasteiger partial charge in [0, 0.05) is 19.4 Å². The van der Waals surface area contributed by atoms with E-state index in [4.69, 9.17) is 14.6 Å². The quantitative estimate of drug-likeness (QED) is 0.303. The van der Waals surface area contributed by atoms with Crippen LogP contribution in [0.25, 0.3) is 0 Å². The summed E-state index contributed by atoms with van der Waals surface area (Å²) in [4.78, 5) is 0. The number of rotatable bonds is 9. The van der Waals surface area contributed by atoms with Crippen molar-refractivity contribution in [3.63, 3.8) is 0 Å². The molecule has 0 aromatic heterocycles. The van der Waals surface area contributed by atoms with E-state index in [1.807, 2.05) is 0 Å². The van der Waals surface area contributed by atoms with Crippen molar-refractivity contribution in [3.05, 3.63) is 0 Å². The number of nitrogens with one attached hydrogen (secondary N) is 1. The van der Waals surface area contributed by atoms with E-state index < -0.39 is 36.2 Å². The molecule has 6 N–H and O–H groups in total. The highest BCUT2D eigenvalue weighted by Gasteiger charge is 2.49. The molecule has 0 unspecified atom stereocenters. The van der Waals surface area contributed by atoms with Crippen molar-refractivity contribution >= 4 is 0 Å². The van der Waals surface area contributed by atoms with Gasteiger partial charge in [-0.05, 0) is 38.5 Å². The lowest BCUT2D eigenvalue weighted by Gasteiger charge is -2.31. The Morgan fingerprint density at radius 1 is 1.12 bits per heavy atom. The minimum absolute atomic E-state index is 0.000587. The predicted molar refractivity (Wildman–Crippen MR) is 92.3 cm³/mol. The molecule has 3 rings (SSSR count).